The zero-order chi connectivity index (χ0) is 32.2. The number of ether oxygens (including phenoxy) is 4. The monoisotopic (exact) mass is 710 g/mol. The highest BCUT2D eigenvalue weighted by Gasteiger charge is 2.34. The van der Waals surface area contributed by atoms with Gasteiger partial charge in [-0.1, -0.05) is 53.3 Å². The Morgan fingerprint density at radius 2 is 1.87 bits per heavy atom. The van der Waals surface area contributed by atoms with Gasteiger partial charge in [-0.2, -0.15) is 0 Å². The summed E-state index contributed by atoms with van der Waals surface area (Å²) in [7, 11) is 1.55. The number of esters is 1. The first-order valence-electron chi connectivity index (χ1n) is 14.3. The molecule has 1 aliphatic heterocycles. The van der Waals surface area contributed by atoms with Crippen molar-refractivity contribution in [1.29, 1.82) is 0 Å². The van der Waals surface area contributed by atoms with E-state index in [4.69, 9.17) is 30.5 Å². The number of carbonyl (C=O) groups excluding carboxylic acids is 1. The summed E-state index contributed by atoms with van der Waals surface area (Å²) in [6, 6.07) is 17.7. The molecule has 2 heterocycles. The van der Waals surface area contributed by atoms with Crippen LogP contribution < -0.4 is 29.1 Å². The normalized spacial score (nSPS) is 14.7. The van der Waals surface area contributed by atoms with E-state index in [1.165, 1.54) is 11.3 Å². The molecule has 0 N–H and O–H groups in total. The number of hydrogen-bond donors (Lipinski definition) is 0. The first-order chi connectivity index (χ1) is 21.6. The average molecular weight is 712 g/mol. The molecule has 4 aromatic rings. The molecule has 0 unspecified atom stereocenters. The second-order valence-electron chi connectivity index (χ2n) is 10.4. The lowest BCUT2D eigenvalue weighted by Crippen LogP contribution is -2.40. The molecule has 8 nitrogen and oxygen atoms in total. The Labute approximate surface area is 278 Å². The average Bonchev–Trinajstić information content (AvgIpc) is 3.30. The zero-order valence-corrected chi connectivity index (χ0v) is 28.6. The highest BCUT2D eigenvalue weighted by atomic mass is 79.9. The molecule has 0 amide bonds. The van der Waals surface area contributed by atoms with Gasteiger partial charge in [0, 0.05) is 10.6 Å². The van der Waals surface area contributed by atoms with Crippen molar-refractivity contribution in [1.82, 2.24) is 4.57 Å². The van der Waals surface area contributed by atoms with Crippen molar-refractivity contribution in [2.24, 2.45) is 4.99 Å². The lowest BCUT2D eigenvalue weighted by Gasteiger charge is -2.25. The smallest absolute Gasteiger partial charge is 0.338 e. The van der Waals surface area contributed by atoms with Gasteiger partial charge in [0.15, 0.2) is 16.3 Å². The fourth-order valence-electron chi connectivity index (χ4n) is 4.96. The van der Waals surface area contributed by atoms with Crippen LogP contribution in [0.15, 0.2) is 86.2 Å². The van der Waals surface area contributed by atoms with Crippen molar-refractivity contribution in [3.05, 3.63) is 118 Å². The Kier molecular flexibility index (Phi) is 10.2. The third-order valence-corrected chi connectivity index (χ3v) is 8.95. The molecule has 0 spiro atoms. The van der Waals surface area contributed by atoms with E-state index in [9.17, 15) is 9.59 Å². The lowest BCUT2D eigenvalue weighted by atomic mass is 9.95. The minimum atomic E-state index is -0.781. The Morgan fingerprint density at radius 1 is 1.11 bits per heavy atom. The van der Waals surface area contributed by atoms with Crippen LogP contribution in [0.5, 0.6) is 17.2 Å². The van der Waals surface area contributed by atoms with Crippen molar-refractivity contribution in [3.63, 3.8) is 0 Å². The third-order valence-electron chi connectivity index (χ3n) is 6.98. The number of aromatic nitrogens is 1. The molecule has 1 atom stereocenters. The molecule has 11 heteroatoms. The summed E-state index contributed by atoms with van der Waals surface area (Å²) >= 11 is 11.1. The van der Waals surface area contributed by atoms with Crippen LogP contribution in [-0.4, -0.2) is 30.4 Å². The maximum Gasteiger partial charge on any atom is 0.338 e. The van der Waals surface area contributed by atoms with E-state index >= 15 is 0 Å². The van der Waals surface area contributed by atoms with E-state index in [1.54, 1.807) is 43.7 Å². The molecule has 0 radical (unpaired) electrons. The molecule has 0 saturated carbocycles. The van der Waals surface area contributed by atoms with Crippen molar-refractivity contribution in [3.8, 4) is 17.2 Å². The zero-order valence-electron chi connectivity index (χ0n) is 25.4. The van der Waals surface area contributed by atoms with Crippen LogP contribution in [0.4, 0.5) is 0 Å². The number of hydrogen-bond acceptors (Lipinski definition) is 8. The topological polar surface area (TPSA) is 88.4 Å². The van der Waals surface area contributed by atoms with Gasteiger partial charge < -0.3 is 18.9 Å². The SMILES string of the molecule is CCOC(=O)C1=C(C)N=c2s/c(=C\c3ccc(OCc4ccccc4Cl)c(Br)c3)c(=O)n2[C@H]1c1ccc(OC(C)C)c(OC)c1. The summed E-state index contributed by atoms with van der Waals surface area (Å²) in [6.07, 6.45) is 1.73. The fraction of sp³-hybridized carbons (Fsp3) is 0.265. The number of rotatable bonds is 10. The summed E-state index contributed by atoms with van der Waals surface area (Å²) in [6.45, 7) is 7.84. The Balaban J connectivity index is 1.55. The number of methoxy groups -OCH3 is 1. The summed E-state index contributed by atoms with van der Waals surface area (Å²) in [5.74, 6) is 1.16. The molecule has 1 aliphatic rings. The Bertz CT molecular complexity index is 1970. The number of allylic oxidation sites excluding steroid dienone is 1. The molecule has 1 aromatic heterocycles. The maximum absolute atomic E-state index is 14.0. The molecule has 234 valence electrons. The van der Waals surface area contributed by atoms with Crippen molar-refractivity contribution in [2.75, 3.05) is 13.7 Å². The van der Waals surface area contributed by atoms with Gasteiger partial charge in [0.05, 0.1) is 46.1 Å². The van der Waals surface area contributed by atoms with Crippen molar-refractivity contribution in [2.45, 2.75) is 46.4 Å². The predicted octanol–water partition coefficient (Wildman–Crippen LogP) is 6.59. The number of nitrogens with zero attached hydrogens (tertiary/aromatic N) is 2. The predicted molar refractivity (Wildman–Crippen MR) is 179 cm³/mol. The van der Waals surface area contributed by atoms with Gasteiger partial charge in [-0.15, -0.1) is 0 Å². The molecule has 0 aliphatic carbocycles. The van der Waals surface area contributed by atoms with Crippen LogP contribution in [0.25, 0.3) is 6.08 Å². The number of fused-ring (bicyclic) bond motifs is 1. The van der Waals surface area contributed by atoms with Gasteiger partial charge in [-0.3, -0.25) is 9.36 Å². The van der Waals surface area contributed by atoms with Gasteiger partial charge in [0.2, 0.25) is 0 Å². The second-order valence-corrected chi connectivity index (χ2v) is 12.7. The van der Waals surface area contributed by atoms with Gasteiger partial charge in [-0.25, -0.2) is 9.79 Å². The number of thiazole rings is 1. The van der Waals surface area contributed by atoms with Gasteiger partial charge in [-0.05, 0) is 91.2 Å². The quantitative estimate of drug-likeness (QED) is 0.173. The largest absolute Gasteiger partial charge is 0.493 e. The van der Waals surface area contributed by atoms with E-state index in [0.717, 1.165) is 15.6 Å². The number of halogens is 2. The standard InChI is InChI=1S/C34H32BrClN2O6S/c1-6-42-33(40)30-20(4)37-34-38(31(30)22-12-14-27(44-19(2)3)28(17-22)41-5)32(39)29(45-34)16-21-11-13-26(24(35)15-21)43-18-23-9-7-8-10-25(23)36/h7-17,19,31H,6,18H2,1-5H3/b29-16-/t31-/m0/s1. The van der Waals surface area contributed by atoms with Crippen LogP contribution in [-0.2, 0) is 16.1 Å². The molecule has 45 heavy (non-hydrogen) atoms. The highest BCUT2D eigenvalue weighted by molar-refractivity contribution is 9.10. The molecular formula is C34H32BrClN2O6S. The Morgan fingerprint density at radius 3 is 2.56 bits per heavy atom. The van der Waals surface area contributed by atoms with Gasteiger partial charge >= 0.3 is 5.97 Å². The van der Waals surface area contributed by atoms with E-state index in [-0.39, 0.29) is 23.8 Å². The van der Waals surface area contributed by atoms with Crippen LogP contribution in [0.1, 0.15) is 50.4 Å². The van der Waals surface area contributed by atoms with Crippen molar-refractivity contribution >= 4 is 50.9 Å². The Hall–Kier alpha value is -3.86. The molecular weight excluding hydrogens is 680 g/mol. The summed E-state index contributed by atoms with van der Waals surface area (Å²) in [5, 5.41) is 0.638. The van der Waals surface area contributed by atoms with Gasteiger partial charge in [0.1, 0.15) is 12.4 Å². The molecule has 0 bridgehead atoms. The third kappa shape index (κ3) is 7.03. The molecule has 5 rings (SSSR count). The number of carbonyl (C=O) groups is 1. The van der Waals surface area contributed by atoms with Crippen LogP contribution in [0.3, 0.4) is 0 Å². The second kappa shape index (κ2) is 14.1. The summed E-state index contributed by atoms with van der Waals surface area (Å²) in [4.78, 5) is 32.5. The number of benzene rings is 3. The first kappa shape index (κ1) is 32.5. The minimum Gasteiger partial charge on any atom is -0.493 e. The maximum atomic E-state index is 14.0. The highest BCUT2D eigenvalue weighted by Crippen LogP contribution is 2.36. The van der Waals surface area contributed by atoms with E-state index < -0.39 is 12.0 Å². The molecule has 0 saturated heterocycles. The summed E-state index contributed by atoms with van der Waals surface area (Å²) in [5.41, 5.74) is 2.81. The minimum absolute atomic E-state index is 0.0670. The summed E-state index contributed by atoms with van der Waals surface area (Å²) < 4.78 is 25.7. The fourth-order valence-corrected chi connectivity index (χ4v) is 6.71. The van der Waals surface area contributed by atoms with Crippen LogP contribution in [0.2, 0.25) is 5.02 Å². The van der Waals surface area contributed by atoms with E-state index in [0.29, 0.717) is 49.5 Å². The molecule has 0 fully saturated rings. The van der Waals surface area contributed by atoms with Gasteiger partial charge in [0.25, 0.3) is 5.56 Å². The lowest BCUT2D eigenvalue weighted by molar-refractivity contribution is -0.139. The molecule has 3 aromatic carbocycles. The van der Waals surface area contributed by atoms with Crippen molar-refractivity contribution < 1.29 is 23.7 Å². The van der Waals surface area contributed by atoms with E-state index in [1.807, 2.05) is 62.4 Å². The first-order valence-corrected chi connectivity index (χ1v) is 16.3. The van der Waals surface area contributed by atoms with Crippen LogP contribution in [0, 0.1) is 0 Å². The van der Waals surface area contributed by atoms with Crippen LogP contribution >= 0.6 is 38.9 Å². The van der Waals surface area contributed by atoms with E-state index in [2.05, 4.69) is 20.9 Å².